The third kappa shape index (κ3) is 2.25. The van der Waals surface area contributed by atoms with E-state index in [2.05, 4.69) is 52.1 Å². The minimum absolute atomic E-state index is 0.407. The molecule has 0 unspecified atom stereocenters. The molecule has 1 heterocycles. The Morgan fingerprint density at radius 2 is 2.12 bits per heavy atom. The molecule has 0 spiro atoms. The molecule has 0 bridgehead atoms. The van der Waals surface area contributed by atoms with Crippen molar-refractivity contribution >= 4 is 15.9 Å². The highest BCUT2D eigenvalue weighted by molar-refractivity contribution is 9.10. The SMILES string of the molecule is CCn1c(CN)nnc1-c1cc(C)ccc1Br. The van der Waals surface area contributed by atoms with Crippen molar-refractivity contribution in [2.24, 2.45) is 5.73 Å². The van der Waals surface area contributed by atoms with Crippen LogP contribution in [0.3, 0.4) is 0 Å². The second-order valence-electron chi connectivity index (χ2n) is 3.87. The summed E-state index contributed by atoms with van der Waals surface area (Å²) in [7, 11) is 0. The molecule has 2 aromatic rings. The predicted molar refractivity (Wildman–Crippen MR) is 71.5 cm³/mol. The largest absolute Gasteiger partial charge is 0.324 e. The van der Waals surface area contributed by atoms with Gasteiger partial charge in [0.15, 0.2) is 5.82 Å². The van der Waals surface area contributed by atoms with Crippen LogP contribution in [0.4, 0.5) is 0 Å². The van der Waals surface area contributed by atoms with Crippen LogP contribution < -0.4 is 5.73 Å². The highest BCUT2D eigenvalue weighted by Crippen LogP contribution is 2.28. The number of rotatable bonds is 3. The van der Waals surface area contributed by atoms with Crippen LogP contribution in [-0.2, 0) is 13.1 Å². The molecule has 1 aromatic heterocycles. The van der Waals surface area contributed by atoms with Crippen LogP contribution >= 0.6 is 15.9 Å². The first kappa shape index (κ1) is 12.3. The fraction of sp³-hybridized carbons (Fsp3) is 0.333. The quantitative estimate of drug-likeness (QED) is 0.946. The van der Waals surface area contributed by atoms with Gasteiger partial charge in [0.2, 0.25) is 0 Å². The molecule has 5 heteroatoms. The average Bonchev–Trinajstić information content (AvgIpc) is 2.74. The lowest BCUT2D eigenvalue weighted by atomic mass is 10.1. The van der Waals surface area contributed by atoms with Gasteiger partial charge < -0.3 is 10.3 Å². The molecule has 0 atom stereocenters. The standard InChI is InChI=1S/C12H15BrN4/c1-3-17-11(7-14)15-16-12(17)9-6-8(2)4-5-10(9)13/h4-6H,3,7,14H2,1-2H3. The Balaban J connectivity index is 2.59. The third-order valence-electron chi connectivity index (χ3n) is 2.69. The van der Waals surface area contributed by atoms with Gasteiger partial charge in [0, 0.05) is 16.6 Å². The molecule has 0 aliphatic carbocycles. The van der Waals surface area contributed by atoms with Gasteiger partial charge in [-0.05, 0) is 26.0 Å². The fourth-order valence-corrected chi connectivity index (χ4v) is 2.25. The first-order valence-corrected chi connectivity index (χ1v) is 6.35. The van der Waals surface area contributed by atoms with Gasteiger partial charge in [-0.3, -0.25) is 0 Å². The van der Waals surface area contributed by atoms with Crippen LogP contribution in [0.1, 0.15) is 18.3 Å². The van der Waals surface area contributed by atoms with E-state index in [0.717, 1.165) is 28.2 Å². The summed E-state index contributed by atoms with van der Waals surface area (Å²) < 4.78 is 3.06. The van der Waals surface area contributed by atoms with Crippen LogP contribution in [0.5, 0.6) is 0 Å². The molecule has 2 rings (SSSR count). The first-order valence-electron chi connectivity index (χ1n) is 5.56. The van der Waals surface area contributed by atoms with E-state index in [4.69, 9.17) is 5.73 Å². The Labute approximate surface area is 109 Å². The van der Waals surface area contributed by atoms with Gasteiger partial charge in [-0.25, -0.2) is 0 Å². The van der Waals surface area contributed by atoms with E-state index in [-0.39, 0.29) is 0 Å². The minimum atomic E-state index is 0.407. The molecule has 90 valence electrons. The molecule has 17 heavy (non-hydrogen) atoms. The molecule has 0 amide bonds. The van der Waals surface area contributed by atoms with Gasteiger partial charge in [0.25, 0.3) is 0 Å². The molecule has 1 aromatic carbocycles. The van der Waals surface area contributed by atoms with Crippen molar-refractivity contribution in [1.29, 1.82) is 0 Å². The van der Waals surface area contributed by atoms with Gasteiger partial charge >= 0.3 is 0 Å². The number of benzene rings is 1. The number of aryl methyl sites for hydroxylation is 1. The first-order chi connectivity index (χ1) is 8.17. The number of hydrogen-bond acceptors (Lipinski definition) is 3. The van der Waals surface area contributed by atoms with E-state index in [1.807, 2.05) is 10.6 Å². The van der Waals surface area contributed by atoms with Gasteiger partial charge in [-0.2, -0.15) is 0 Å². The summed E-state index contributed by atoms with van der Waals surface area (Å²) >= 11 is 3.55. The predicted octanol–water partition coefficient (Wildman–Crippen LogP) is 2.49. The van der Waals surface area contributed by atoms with Crippen LogP contribution in [0.25, 0.3) is 11.4 Å². The van der Waals surface area contributed by atoms with E-state index in [1.165, 1.54) is 5.56 Å². The second kappa shape index (κ2) is 4.98. The smallest absolute Gasteiger partial charge is 0.165 e. The Morgan fingerprint density at radius 3 is 2.76 bits per heavy atom. The topological polar surface area (TPSA) is 56.7 Å². The Bertz CT molecular complexity index is 533. The number of hydrogen-bond donors (Lipinski definition) is 1. The summed E-state index contributed by atoms with van der Waals surface area (Å²) in [6, 6.07) is 6.19. The molecule has 0 saturated carbocycles. The van der Waals surface area contributed by atoms with Crippen molar-refractivity contribution in [2.75, 3.05) is 0 Å². The Hall–Kier alpha value is -1.20. The molecular formula is C12H15BrN4. The van der Waals surface area contributed by atoms with Crippen molar-refractivity contribution in [2.45, 2.75) is 26.9 Å². The van der Waals surface area contributed by atoms with E-state index < -0.39 is 0 Å². The molecular weight excluding hydrogens is 280 g/mol. The molecule has 0 saturated heterocycles. The molecule has 0 fully saturated rings. The Kier molecular flexibility index (Phi) is 3.59. The molecule has 0 aliphatic rings. The summed E-state index contributed by atoms with van der Waals surface area (Å²) in [5.74, 6) is 1.68. The van der Waals surface area contributed by atoms with E-state index in [1.54, 1.807) is 0 Å². The monoisotopic (exact) mass is 294 g/mol. The van der Waals surface area contributed by atoms with Crippen LogP contribution in [0.2, 0.25) is 0 Å². The molecule has 2 N–H and O–H groups in total. The zero-order valence-corrected chi connectivity index (χ0v) is 11.5. The van der Waals surface area contributed by atoms with Gasteiger partial charge in [0.05, 0.1) is 6.54 Å². The zero-order valence-electron chi connectivity index (χ0n) is 9.94. The number of nitrogens with two attached hydrogens (primary N) is 1. The molecule has 0 radical (unpaired) electrons. The summed E-state index contributed by atoms with van der Waals surface area (Å²) in [6.45, 7) is 5.35. The summed E-state index contributed by atoms with van der Waals surface area (Å²) in [4.78, 5) is 0. The lowest BCUT2D eigenvalue weighted by Gasteiger charge is -2.08. The number of aromatic nitrogens is 3. The maximum absolute atomic E-state index is 5.65. The number of halogens is 1. The van der Waals surface area contributed by atoms with Crippen LogP contribution in [0.15, 0.2) is 22.7 Å². The maximum Gasteiger partial charge on any atom is 0.165 e. The van der Waals surface area contributed by atoms with Gasteiger partial charge in [-0.1, -0.05) is 27.6 Å². The van der Waals surface area contributed by atoms with Crippen molar-refractivity contribution < 1.29 is 0 Å². The lowest BCUT2D eigenvalue weighted by Crippen LogP contribution is -2.08. The van der Waals surface area contributed by atoms with Crippen LogP contribution in [-0.4, -0.2) is 14.8 Å². The van der Waals surface area contributed by atoms with Crippen molar-refractivity contribution in [3.63, 3.8) is 0 Å². The minimum Gasteiger partial charge on any atom is -0.324 e. The van der Waals surface area contributed by atoms with E-state index in [9.17, 15) is 0 Å². The average molecular weight is 295 g/mol. The van der Waals surface area contributed by atoms with E-state index in [0.29, 0.717) is 6.54 Å². The second-order valence-corrected chi connectivity index (χ2v) is 4.73. The maximum atomic E-state index is 5.65. The number of nitrogens with zero attached hydrogens (tertiary/aromatic N) is 3. The Morgan fingerprint density at radius 1 is 1.35 bits per heavy atom. The zero-order chi connectivity index (χ0) is 12.4. The van der Waals surface area contributed by atoms with E-state index >= 15 is 0 Å². The molecule has 4 nitrogen and oxygen atoms in total. The summed E-state index contributed by atoms with van der Waals surface area (Å²) in [6.07, 6.45) is 0. The normalized spacial score (nSPS) is 10.8. The summed E-state index contributed by atoms with van der Waals surface area (Å²) in [5.41, 5.74) is 7.90. The summed E-state index contributed by atoms with van der Waals surface area (Å²) in [5, 5.41) is 8.35. The van der Waals surface area contributed by atoms with Crippen molar-refractivity contribution in [3.8, 4) is 11.4 Å². The van der Waals surface area contributed by atoms with Gasteiger partial charge in [0.1, 0.15) is 5.82 Å². The van der Waals surface area contributed by atoms with Gasteiger partial charge in [-0.15, -0.1) is 10.2 Å². The van der Waals surface area contributed by atoms with Crippen LogP contribution in [0, 0.1) is 6.92 Å². The highest BCUT2D eigenvalue weighted by Gasteiger charge is 2.13. The van der Waals surface area contributed by atoms with Crippen molar-refractivity contribution in [1.82, 2.24) is 14.8 Å². The third-order valence-corrected chi connectivity index (χ3v) is 3.38. The fourth-order valence-electron chi connectivity index (χ4n) is 1.83. The lowest BCUT2D eigenvalue weighted by molar-refractivity contribution is 0.704. The van der Waals surface area contributed by atoms with Crippen molar-refractivity contribution in [3.05, 3.63) is 34.1 Å². The molecule has 0 aliphatic heterocycles. The highest BCUT2D eigenvalue weighted by atomic mass is 79.9.